The Balaban J connectivity index is 2.05. The van der Waals surface area contributed by atoms with E-state index in [1.807, 2.05) is 11.7 Å². The molecule has 0 radical (unpaired) electrons. The molecule has 2 aromatic rings. The van der Waals surface area contributed by atoms with E-state index in [0.717, 1.165) is 18.5 Å². The summed E-state index contributed by atoms with van der Waals surface area (Å²) in [5.74, 6) is 0. The number of thiophene rings is 1. The Morgan fingerprint density at radius 2 is 2.18 bits per heavy atom. The summed E-state index contributed by atoms with van der Waals surface area (Å²) in [6.07, 6.45) is 1.85. The van der Waals surface area contributed by atoms with Gasteiger partial charge in [-0.05, 0) is 54.6 Å². The second kappa shape index (κ2) is 5.02. The molecule has 0 amide bonds. The van der Waals surface area contributed by atoms with Crippen LogP contribution in [0, 0.1) is 13.8 Å². The Kier molecular flexibility index (Phi) is 3.64. The highest BCUT2D eigenvalue weighted by molar-refractivity contribution is 7.07. The summed E-state index contributed by atoms with van der Waals surface area (Å²) >= 11 is 1.73. The van der Waals surface area contributed by atoms with E-state index in [2.05, 4.69) is 35.8 Å². The number of nitrogens with zero attached hydrogens (tertiary/aromatic N) is 2. The van der Waals surface area contributed by atoms with E-state index in [-0.39, 0.29) is 6.04 Å². The van der Waals surface area contributed by atoms with Gasteiger partial charge in [0, 0.05) is 18.8 Å². The Hall–Kier alpha value is -1.13. The normalized spacial score (nSPS) is 12.9. The average Bonchev–Trinajstić information content (AvgIpc) is 2.83. The summed E-state index contributed by atoms with van der Waals surface area (Å²) in [5, 5.41) is 8.69. The van der Waals surface area contributed by atoms with Gasteiger partial charge >= 0.3 is 0 Å². The fourth-order valence-electron chi connectivity index (χ4n) is 2.16. The van der Waals surface area contributed by atoms with Crippen molar-refractivity contribution in [1.29, 1.82) is 0 Å². The highest BCUT2D eigenvalue weighted by atomic mass is 32.1. The topological polar surface area (TPSA) is 43.8 Å². The molecular weight excluding hydrogens is 230 g/mol. The van der Waals surface area contributed by atoms with E-state index in [0.29, 0.717) is 0 Å². The van der Waals surface area contributed by atoms with E-state index in [9.17, 15) is 0 Å². The lowest BCUT2D eigenvalue weighted by atomic mass is 10.00. The van der Waals surface area contributed by atoms with Crippen LogP contribution in [0.2, 0.25) is 0 Å². The molecule has 0 saturated carbocycles. The molecule has 0 aromatic carbocycles. The van der Waals surface area contributed by atoms with Crippen LogP contribution in [0.4, 0.5) is 0 Å². The predicted octanol–water partition coefficient (Wildman–Crippen LogP) is 2.21. The van der Waals surface area contributed by atoms with Gasteiger partial charge in [0.1, 0.15) is 0 Å². The molecule has 3 nitrogen and oxygen atoms in total. The first-order valence-corrected chi connectivity index (χ1v) is 6.78. The molecular formula is C13H19N3S. The van der Waals surface area contributed by atoms with Gasteiger partial charge in [-0.25, -0.2) is 0 Å². The van der Waals surface area contributed by atoms with Crippen LogP contribution in [-0.4, -0.2) is 15.8 Å². The van der Waals surface area contributed by atoms with Gasteiger partial charge in [-0.3, -0.25) is 4.68 Å². The van der Waals surface area contributed by atoms with Crippen LogP contribution in [0.25, 0.3) is 0 Å². The molecule has 2 aromatic heterocycles. The minimum absolute atomic E-state index is 0.172. The van der Waals surface area contributed by atoms with Crippen LogP contribution < -0.4 is 5.73 Å². The van der Waals surface area contributed by atoms with Crippen molar-refractivity contribution in [2.45, 2.75) is 32.7 Å². The third-order valence-corrected chi connectivity index (χ3v) is 3.94. The summed E-state index contributed by atoms with van der Waals surface area (Å²) < 4.78 is 1.93. The van der Waals surface area contributed by atoms with Gasteiger partial charge < -0.3 is 5.73 Å². The van der Waals surface area contributed by atoms with Crippen molar-refractivity contribution < 1.29 is 0 Å². The lowest BCUT2D eigenvalue weighted by Crippen LogP contribution is -2.25. The molecule has 1 atom stereocenters. The Labute approximate surface area is 106 Å². The number of rotatable bonds is 4. The third kappa shape index (κ3) is 2.76. The van der Waals surface area contributed by atoms with Crippen molar-refractivity contribution in [3.63, 3.8) is 0 Å². The fourth-order valence-corrected chi connectivity index (χ4v) is 2.84. The van der Waals surface area contributed by atoms with E-state index < -0.39 is 0 Å². The number of nitrogens with two attached hydrogens (primary N) is 1. The summed E-state index contributed by atoms with van der Waals surface area (Å²) in [7, 11) is 1.98. The van der Waals surface area contributed by atoms with Crippen LogP contribution in [0.3, 0.4) is 0 Å². The van der Waals surface area contributed by atoms with Crippen molar-refractivity contribution in [2.75, 3.05) is 0 Å². The molecule has 0 aliphatic carbocycles. The van der Waals surface area contributed by atoms with Gasteiger partial charge in [0.15, 0.2) is 0 Å². The number of aryl methyl sites for hydroxylation is 2. The Morgan fingerprint density at radius 3 is 2.71 bits per heavy atom. The summed E-state index contributed by atoms with van der Waals surface area (Å²) in [4.78, 5) is 0. The molecule has 0 spiro atoms. The van der Waals surface area contributed by atoms with E-state index in [1.165, 1.54) is 16.8 Å². The maximum absolute atomic E-state index is 6.21. The third-order valence-electron chi connectivity index (χ3n) is 3.20. The minimum atomic E-state index is 0.172. The van der Waals surface area contributed by atoms with Crippen LogP contribution in [0.5, 0.6) is 0 Å². The van der Waals surface area contributed by atoms with E-state index >= 15 is 0 Å². The van der Waals surface area contributed by atoms with Gasteiger partial charge in [0.25, 0.3) is 0 Å². The SMILES string of the molecule is Cc1nn(C)c(C)c1CC(N)Cc1ccsc1. The molecule has 92 valence electrons. The van der Waals surface area contributed by atoms with Gasteiger partial charge in [0.2, 0.25) is 0 Å². The summed E-state index contributed by atoms with van der Waals surface area (Å²) in [6, 6.07) is 2.32. The predicted molar refractivity (Wildman–Crippen MR) is 72.4 cm³/mol. The molecule has 0 aliphatic heterocycles. The molecule has 0 aliphatic rings. The summed E-state index contributed by atoms with van der Waals surface area (Å²) in [5.41, 5.74) is 11.2. The molecule has 2 heterocycles. The van der Waals surface area contributed by atoms with Crippen LogP contribution >= 0.6 is 11.3 Å². The van der Waals surface area contributed by atoms with E-state index in [4.69, 9.17) is 5.73 Å². The fraction of sp³-hybridized carbons (Fsp3) is 0.462. The van der Waals surface area contributed by atoms with Gasteiger partial charge in [0.05, 0.1) is 5.69 Å². The molecule has 2 N–H and O–H groups in total. The highest BCUT2D eigenvalue weighted by Gasteiger charge is 2.13. The first-order valence-electron chi connectivity index (χ1n) is 5.83. The van der Waals surface area contributed by atoms with Crippen molar-refractivity contribution in [2.24, 2.45) is 12.8 Å². The summed E-state index contributed by atoms with van der Waals surface area (Å²) in [6.45, 7) is 4.16. The molecule has 0 bridgehead atoms. The first-order chi connectivity index (χ1) is 8.08. The average molecular weight is 249 g/mol. The standard InChI is InChI=1S/C13H19N3S/c1-9-13(10(2)16(3)15-9)7-12(14)6-11-4-5-17-8-11/h4-5,8,12H,6-7,14H2,1-3H3. The monoisotopic (exact) mass is 249 g/mol. The number of hydrogen-bond donors (Lipinski definition) is 1. The molecule has 4 heteroatoms. The molecule has 1 unspecified atom stereocenters. The second-order valence-electron chi connectivity index (χ2n) is 4.57. The number of hydrogen-bond acceptors (Lipinski definition) is 3. The largest absolute Gasteiger partial charge is 0.327 e. The maximum Gasteiger partial charge on any atom is 0.0628 e. The van der Waals surface area contributed by atoms with Crippen molar-refractivity contribution >= 4 is 11.3 Å². The van der Waals surface area contributed by atoms with Gasteiger partial charge in [-0.2, -0.15) is 16.4 Å². The number of aromatic nitrogens is 2. The highest BCUT2D eigenvalue weighted by Crippen LogP contribution is 2.16. The first kappa shape index (κ1) is 12.3. The lowest BCUT2D eigenvalue weighted by molar-refractivity contribution is 0.660. The van der Waals surface area contributed by atoms with Gasteiger partial charge in [-0.15, -0.1) is 0 Å². The molecule has 0 saturated heterocycles. The Bertz CT molecular complexity index is 485. The lowest BCUT2D eigenvalue weighted by Gasteiger charge is -2.11. The second-order valence-corrected chi connectivity index (χ2v) is 5.35. The Morgan fingerprint density at radius 1 is 1.41 bits per heavy atom. The van der Waals surface area contributed by atoms with Crippen molar-refractivity contribution in [1.82, 2.24) is 9.78 Å². The van der Waals surface area contributed by atoms with Crippen LogP contribution in [0.15, 0.2) is 16.8 Å². The van der Waals surface area contributed by atoms with Crippen molar-refractivity contribution in [3.05, 3.63) is 39.3 Å². The molecule has 17 heavy (non-hydrogen) atoms. The van der Waals surface area contributed by atoms with Crippen molar-refractivity contribution in [3.8, 4) is 0 Å². The van der Waals surface area contributed by atoms with Crippen LogP contribution in [-0.2, 0) is 19.9 Å². The van der Waals surface area contributed by atoms with Crippen LogP contribution in [0.1, 0.15) is 22.5 Å². The maximum atomic E-state index is 6.21. The zero-order valence-electron chi connectivity index (χ0n) is 10.6. The molecule has 0 fully saturated rings. The zero-order valence-corrected chi connectivity index (χ0v) is 11.4. The van der Waals surface area contributed by atoms with Gasteiger partial charge in [-0.1, -0.05) is 0 Å². The minimum Gasteiger partial charge on any atom is -0.327 e. The smallest absolute Gasteiger partial charge is 0.0628 e. The quantitative estimate of drug-likeness (QED) is 0.903. The zero-order chi connectivity index (χ0) is 12.4. The molecule has 2 rings (SSSR count). The van der Waals surface area contributed by atoms with E-state index in [1.54, 1.807) is 11.3 Å².